The van der Waals surface area contributed by atoms with Crippen LogP contribution >= 0.6 is 0 Å². The fourth-order valence-electron chi connectivity index (χ4n) is 2.86. The Bertz CT molecular complexity index is 655. The van der Waals surface area contributed by atoms with Gasteiger partial charge < -0.3 is 20.1 Å². The summed E-state index contributed by atoms with van der Waals surface area (Å²) >= 11 is 0. The summed E-state index contributed by atoms with van der Waals surface area (Å²) in [6.07, 6.45) is 1.03. The van der Waals surface area contributed by atoms with Gasteiger partial charge in [0.25, 0.3) is 0 Å². The van der Waals surface area contributed by atoms with E-state index in [-0.39, 0.29) is 0 Å². The van der Waals surface area contributed by atoms with Crippen LogP contribution in [0.25, 0.3) is 0 Å². The van der Waals surface area contributed by atoms with Gasteiger partial charge in [-0.05, 0) is 17.5 Å². The van der Waals surface area contributed by atoms with E-state index in [0.29, 0.717) is 17.2 Å². The Morgan fingerprint density at radius 3 is 2.38 bits per heavy atom. The van der Waals surface area contributed by atoms with Crippen LogP contribution < -0.4 is 20.1 Å². The minimum absolute atomic E-state index is 0.663. The minimum Gasteiger partial charge on any atom is -0.493 e. The van der Waals surface area contributed by atoms with E-state index in [4.69, 9.17) is 15.2 Å². The second-order valence-electron chi connectivity index (χ2n) is 5.21. The molecule has 0 saturated carbocycles. The van der Waals surface area contributed by atoms with Gasteiger partial charge in [-0.3, -0.25) is 0 Å². The molecule has 4 nitrogen and oxygen atoms in total. The van der Waals surface area contributed by atoms with E-state index >= 15 is 0 Å². The molecule has 1 aliphatic heterocycles. The molecule has 1 heterocycles. The first-order chi connectivity index (χ1) is 10.2. The zero-order chi connectivity index (χ0) is 14.8. The molecule has 1 aliphatic rings. The van der Waals surface area contributed by atoms with Crippen LogP contribution in [0.1, 0.15) is 11.1 Å². The lowest BCUT2D eigenvalue weighted by Crippen LogP contribution is -2.30. The molecule has 2 N–H and O–H groups in total. The highest BCUT2D eigenvalue weighted by Crippen LogP contribution is 2.38. The fourth-order valence-corrected chi connectivity index (χ4v) is 2.86. The number of hydrogen-bond donors (Lipinski definition) is 1. The molecule has 2 aromatic rings. The molecule has 0 spiro atoms. The van der Waals surface area contributed by atoms with Crippen molar-refractivity contribution in [1.82, 2.24) is 0 Å². The van der Waals surface area contributed by atoms with E-state index in [1.807, 2.05) is 12.1 Å². The predicted octanol–water partition coefficient (Wildman–Crippen LogP) is 2.85. The van der Waals surface area contributed by atoms with E-state index in [9.17, 15) is 0 Å². The summed E-state index contributed by atoms with van der Waals surface area (Å²) in [6.45, 7) is 1.83. The Balaban J connectivity index is 1.95. The van der Waals surface area contributed by atoms with Crippen molar-refractivity contribution >= 4 is 11.4 Å². The van der Waals surface area contributed by atoms with Gasteiger partial charge in [0.05, 0.1) is 25.6 Å². The van der Waals surface area contributed by atoms with Gasteiger partial charge in [-0.1, -0.05) is 24.3 Å². The minimum atomic E-state index is 0.663. The largest absolute Gasteiger partial charge is 0.493 e. The second-order valence-corrected chi connectivity index (χ2v) is 5.21. The van der Waals surface area contributed by atoms with Gasteiger partial charge in [0, 0.05) is 25.2 Å². The molecule has 0 aromatic heterocycles. The normalized spacial score (nSPS) is 13.7. The molecule has 0 amide bonds. The Morgan fingerprint density at radius 1 is 1.00 bits per heavy atom. The second kappa shape index (κ2) is 5.56. The zero-order valence-corrected chi connectivity index (χ0v) is 12.4. The standard InChI is InChI=1S/C17H20N2O2/c1-20-16-9-14(18)15(10-17(16)21-2)19-8-7-12-5-3-4-6-13(12)11-19/h3-6,9-10H,7-8,11,18H2,1-2H3. The van der Waals surface area contributed by atoms with Crippen LogP contribution in [0.5, 0.6) is 11.5 Å². The molecule has 4 heteroatoms. The number of benzene rings is 2. The molecule has 110 valence electrons. The van der Waals surface area contributed by atoms with Crippen molar-refractivity contribution in [3.8, 4) is 11.5 Å². The van der Waals surface area contributed by atoms with Crippen LogP contribution in [-0.2, 0) is 13.0 Å². The number of ether oxygens (including phenoxy) is 2. The average Bonchev–Trinajstić information content (AvgIpc) is 2.54. The van der Waals surface area contributed by atoms with Crippen molar-refractivity contribution < 1.29 is 9.47 Å². The Labute approximate surface area is 125 Å². The molecular weight excluding hydrogens is 264 g/mol. The third kappa shape index (κ3) is 2.49. The Kier molecular flexibility index (Phi) is 3.60. The first-order valence-electron chi connectivity index (χ1n) is 7.06. The molecule has 3 rings (SSSR count). The van der Waals surface area contributed by atoms with E-state index < -0.39 is 0 Å². The van der Waals surface area contributed by atoms with Crippen LogP contribution in [0.2, 0.25) is 0 Å². The average molecular weight is 284 g/mol. The van der Waals surface area contributed by atoms with Gasteiger partial charge >= 0.3 is 0 Å². The zero-order valence-electron chi connectivity index (χ0n) is 12.4. The molecule has 0 radical (unpaired) electrons. The third-order valence-electron chi connectivity index (χ3n) is 4.00. The summed E-state index contributed by atoms with van der Waals surface area (Å²) in [4.78, 5) is 2.29. The molecule has 0 unspecified atom stereocenters. The van der Waals surface area contributed by atoms with E-state index in [1.54, 1.807) is 14.2 Å². The number of anilines is 2. The first-order valence-corrected chi connectivity index (χ1v) is 7.06. The maximum absolute atomic E-state index is 6.19. The van der Waals surface area contributed by atoms with E-state index in [0.717, 1.165) is 25.2 Å². The topological polar surface area (TPSA) is 47.7 Å². The van der Waals surface area contributed by atoms with E-state index in [2.05, 4.69) is 29.2 Å². The summed E-state index contributed by atoms with van der Waals surface area (Å²) < 4.78 is 10.7. The van der Waals surface area contributed by atoms with Crippen molar-refractivity contribution in [3.63, 3.8) is 0 Å². The summed E-state index contributed by atoms with van der Waals surface area (Å²) in [5.74, 6) is 1.37. The monoisotopic (exact) mass is 284 g/mol. The number of rotatable bonds is 3. The van der Waals surface area contributed by atoms with E-state index in [1.165, 1.54) is 11.1 Å². The van der Waals surface area contributed by atoms with Crippen molar-refractivity contribution in [2.24, 2.45) is 0 Å². The number of nitrogens with zero attached hydrogens (tertiary/aromatic N) is 1. The Hall–Kier alpha value is -2.36. The van der Waals surface area contributed by atoms with Gasteiger partial charge in [-0.25, -0.2) is 0 Å². The SMILES string of the molecule is COc1cc(N)c(N2CCc3ccccc3C2)cc1OC. The number of nitrogens with two attached hydrogens (primary N) is 1. The highest BCUT2D eigenvalue weighted by Gasteiger charge is 2.19. The van der Waals surface area contributed by atoms with Crippen LogP contribution in [0.3, 0.4) is 0 Å². The number of methoxy groups -OCH3 is 2. The quantitative estimate of drug-likeness (QED) is 0.880. The van der Waals surface area contributed by atoms with Crippen molar-refractivity contribution in [3.05, 3.63) is 47.5 Å². The number of nitrogen functional groups attached to an aromatic ring is 1. The van der Waals surface area contributed by atoms with Crippen LogP contribution in [-0.4, -0.2) is 20.8 Å². The van der Waals surface area contributed by atoms with Crippen LogP contribution in [0.4, 0.5) is 11.4 Å². The van der Waals surface area contributed by atoms with Gasteiger partial charge in [0.15, 0.2) is 11.5 Å². The maximum atomic E-state index is 6.19. The molecule has 0 fully saturated rings. The molecule has 0 bridgehead atoms. The van der Waals surface area contributed by atoms with Crippen molar-refractivity contribution in [1.29, 1.82) is 0 Å². The van der Waals surface area contributed by atoms with Gasteiger partial charge in [0.2, 0.25) is 0 Å². The molecule has 2 aromatic carbocycles. The van der Waals surface area contributed by atoms with Gasteiger partial charge in [-0.15, -0.1) is 0 Å². The fraction of sp³-hybridized carbons (Fsp3) is 0.294. The number of fused-ring (bicyclic) bond motifs is 1. The summed E-state index contributed by atoms with van der Waals surface area (Å²) in [7, 11) is 3.26. The lowest BCUT2D eigenvalue weighted by atomic mass is 9.99. The number of hydrogen-bond acceptors (Lipinski definition) is 4. The molecular formula is C17H20N2O2. The molecule has 0 aliphatic carbocycles. The lowest BCUT2D eigenvalue weighted by Gasteiger charge is -2.32. The molecule has 0 atom stereocenters. The van der Waals surface area contributed by atoms with Gasteiger partial charge in [-0.2, -0.15) is 0 Å². The summed E-state index contributed by atoms with van der Waals surface area (Å²) in [5.41, 5.74) is 10.7. The van der Waals surface area contributed by atoms with Crippen LogP contribution in [0, 0.1) is 0 Å². The lowest BCUT2D eigenvalue weighted by molar-refractivity contribution is 0.355. The maximum Gasteiger partial charge on any atom is 0.162 e. The van der Waals surface area contributed by atoms with Gasteiger partial charge in [0.1, 0.15) is 0 Å². The predicted molar refractivity (Wildman–Crippen MR) is 85.2 cm³/mol. The summed E-state index contributed by atoms with van der Waals surface area (Å²) in [5, 5.41) is 0. The van der Waals surface area contributed by atoms with Crippen molar-refractivity contribution in [2.45, 2.75) is 13.0 Å². The smallest absolute Gasteiger partial charge is 0.162 e. The summed E-state index contributed by atoms with van der Waals surface area (Å²) in [6, 6.07) is 12.3. The Morgan fingerprint density at radius 2 is 1.67 bits per heavy atom. The van der Waals surface area contributed by atoms with Crippen molar-refractivity contribution in [2.75, 3.05) is 31.4 Å². The third-order valence-corrected chi connectivity index (χ3v) is 4.00. The van der Waals surface area contributed by atoms with Crippen LogP contribution in [0.15, 0.2) is 36.4 Å². The first kappa shape index (κ1) is 13.6. The highest BCUT2D eigenvalue weighted by atomic mass is 16.5. The molecule has 0 saturated heterocycles. The highest BCUT2D eigenvalue weighted by molar-refractivity contribution is 5.73. The molecule has 21 heavy (non-hydrogen) atoms.